The Hall–Kier alpha value is -2.55. The van der Waals surface area contributed by atoms with Gasteiger partial charge >= 0.3 is 0 Å². The van der Waals surface area contributed by atoms with Gasteiger partial charge in [-0.3, -0.25) is 0 Å². The molecule has 2 N–H and O–H groups in total. The molecule has 0 bridgehead atoms. The third-order valence-electron chi connectivity index (χ3n) is 5.39. The molecule has 3 heteroatoms. The molecule has 0 saturated carbocycles. The Morgan fingerprint density at radius 2 is 1.83 bits per heavy atom. The van der Waals surface area contributed by atoms with Crippen molar-refractivity contribution >= 4 is 16.6 Å². The van der Waals surface area contributed by atoms with Crippen molar-refractivity contribution in [2.24, 2.45) is 5.10 Å². The lowest BCUT2D eigenvalue weighted by molar-refractivity contribution is 0.620. The van der Waals surface area contributed by atoms with Crippen LogP contribution in [0.4, 0.5) is 0 Å². The van der Waals surface area contributed by atoms with Gasteiger partial charge in [0, 0.05) is 23.0 Å². The van der Waals surface area contributed by atoms with Crippen molar-refractivity contribution in [2.75, 3.05) is 0 Å². The van der Waals surface area contributed by atoms with Crippen LogP contribution in [-0.4, -0.2) is 10.7 Å². The van der Waals surface area contributed by atoms with Gasteiger partial charge in [0.05, 0.1) is 11.8 Å². The fourth-order valence-electron chi connectivity index (χ4n) is 4.09. The number of aromatic nitrogens is 1. The van der Waals surface area contributed by atoms with E-state index in [0.717, 1.165) is 12.1 Å². The fraction of sp³-hybridized carbons (Fsp3) is 0.286. The highest BCUT2D eigenvalue weighted by Crippen LogP contribution is 2.31. The molecule has 3 aromatic rings. The second kappa shape index (κ2) is 5.52. The van der Waals surface area contributed by atoms with E-state index in [4.69, 9.17) is 0 Å². The van der Waals surface area contributed by atoms with Crippen molar-refractivity contribution in [3.63, 3.8) is 0 Å². The van der Waals surface area contributed by atoms with Crippen LogP contribution in [0.1, 0.15) is 47.7 Å². The van der Waals surface area contributed by atoms with Gasteiger partial charge in [-0.05, 0) is 54.5 Å². The Kier molecular flexibility index (Phi) is 3.18. The number of hydrogen-bond acceptors (Lipinski definition) is 2. The zero-order valence-corrected chi connectivity index (χ0v) is 13.7. The predicted molar refractivity (Wildman–Crippen MR) is 98.4 cm³/mol. The Morgan fingerprint density at radius 3 is 2.75 bits per heavy atom. The van der Waals surface area contributed by atoms with Crippen LogP contribution in [-0.2, 0) is 12.8 Å². The molecule has 0 spiro atoms. The fourth-order valence-corrected chi connectivity index (χ4v) is 4.09. The molecule has 2 aromatic carbocycles. The summed E-state index contributed by atoms with van der Waals surface area (Å²) in [6.07, 6.45) is 5.96. The van der Waals surface area contributed by atoms with Crippen molar-refractivity contribution < 1.29 is 0 Å². The zero-order valence-electron chi connectivity index (χ0n) is 13.7. The van der Waals surface area contributed by atoms with E-state index >= 15 is 0 Å². The number of hydrazone groups is 1. The highest BCUT2D eigenvalue weighted by Gasteiger charge is 2.22. The molecule has 2 heterocycles. The van der Waals surface area contributed by atoms with Crippen molar-refractivity contribution in [3.05, 3.63) is 70.9 Å². The van der Waals surface area contributed by atoms with Crippen LogP contribution in [0.5, 0.6) is 0 Å². The Labute approximate surface area is 141 Å². The molecule has 0 amide bonds. The smallest absolute Gasteiger partial charge is 0.0745 e. The second-order valence-corrected chi connectivity index (χ2v) is 6.90. The zero-order chi connectivity index (χ0) is 15.9. The first kappa shape index (κ1) is 13.8. The molecule has 2 aliphatic rings. The summed E-state index contributed by atoms with van der Waals surface area (Å²) in [6.45, 7) is 0. The van der Waals surface area contributed by atoms with Gasteiger partial charge in [0.15, 0.2) is 0 Å². The van der Waals surface area contributed by atoms with E-state index < -0.39 is 0 Å². The minimum absolute atomic E-state index is 0.289. The van der Waals surface area contributed by atoms with E-state index in [2.05, 4.69) is 64.0 Å². The maximum atomic E-state index is 4.62. The Balaban J connectivity index is 1.47. The number of benzene rings is 2. The largest absolute Gasteiger partial charge is 0.358 e. The normalized spacial score (nSPS) is 19.8. The summed E-state index contributed by atoms with van der Waals surface area (Å²) < 4.78 is 0. The monoisotopic (exact) mass is 315 g/mol. The minimum atomic E-state index is 0.289. The average molecular weight is 315 g/mol. The third kappa shape index (κ3) is 2.23. The molecular weight excluding hydrogens is 294 g/mol. The van der Waals surface area contributed by atoms with Crippen molar-refractivity contribution in [1.29, 1.82) is 0 Å². The van der Waals surface area contributed by atoms with E-state index in [9.17, 15) is 0 Å². The molecule has 120 valence electrons. The minimum Gasteiger partial charge on any atom is -0.358 e. The molecule has 1 aliphatic heterocycles. The van der Waals surface area contributed by atoms with Crippen molar-refractivity contribution in [1.82, 2.24) is 10.4 Å². The van der Waals surface area contributed by atoms with E-state index in [-0.39, 0.29) is 6.04 Å². The molecule has 0 saturated heterocycles. The number of aryl methyl sites for hydroxylation is 2. The number of H-pyrrole nitrogens is 1. The van der Waals surface area contributed by atoms with Gasteiger partial charge in [0.1, 0.15) is 0 Å². The lowest BCUT2D eigenvalue weighted by atomic mass is 9.94. The lowest BCUT2D eigenvalue weighted by Gasteiger charge is -2.11. The molecular formula is C21H21N3. The Bertz CT molecular complexity index is 921. The molecule has 1 aromatic heterocycles. The van der Waals surface area contributed by atoms with E-state index in [1.165, 1.54) is 59.0 Å². The SMILES string of the molecule is c1ccc(C2CC(c3ccc4[nH]c5c(c4c3)CCCC5)=NN2)cc1. The van der Waals surface area contributed by atoms with Gasteiger partial charge < -0.3 is 10.4 Å². The number of nitrogens with zero attached hydrogens (tertiary/aromatic N) is 1. The summed E-state index contributed by atoms with van der Waals surface area (Å²) in [5, 5.41) is 6.02. The van der Waals surface area contributed by atoms with Crippen LogP contribution in [0.3, 0.4) is 0 Å². The van der Waals surface area contributed by atoms with E-state index in [1.54, 1.807) is 0 Å². The van der Waals surface area contributed by atoms with Crippen LogP contribution in [0.25, 0.3) is 10.9 Å². The van der Waals surface area contributed by atoms with Crippen molar-refractivity contribution in [3.8, 4) is 0 Å². The number of nitrogens with one attached hydrogen (secondary N) is 2. The summed E-state index contributed by atoms with van der Waals surface area (Å²) in [6, 6.07) is 17.6. The van der Waals surface area contributed by atoms with Gasteiger partial charge in [0.25, 0.3) is 0 Å². The molecule has 24 heavy (non-hydrogen) atoms. The molecule has 0 fully saturated rings. The molecule has 1 aliphatic carbocycles. The van der Waals surface area contributed by atoms with Crippen molar-refractivity contribution in [2.45, 2.75) is 38.1 Å². The van der Waals surface area contributed by atoms with Gasteiger partial charge in [-0.1, -0.05) is 36.4 Å². The summed E-state index contributed by atoms with van der Waals surface area (Å²) >= 11 is 0. The highest BCUT2D eigenvalue weighted by atomic mass is 15.3. The first-order valence-electron chi connectivity index (χ1n) is 8.89. The third-order valence-corrected chi connectivity index (χ3v) is 5.39. The molecule has 5 rings (SSSR count). The second-order valence-electron chi connectivity index (χ2n) is 6.90. The molecule has 0 radical (unpaired) electrons. The topological polar surface area (TPSA) is 40.2 Å². The van der Waals surface area contributed by atoms with Gasteiger partial charge in [-0.2, -0.15) is 5.10 Å². The number of aromatic amines is 1. The van der Waals surface area contributed by atoms with Crippen LogP contribution < -0.4 is 5.43 Å². The van der Waals surface area contributed by atoms with Crippen LogP contribution >= 0.6 is 0 Å². The molecule has 1 unspecified atom stereocenters. The van der Waals surface area contributed by atoms with E-state index in [0.29, 0.717) is 0 Å². The number of hydrogen-bond donors (Lipinski definition) is 2. The van der Waals surface area contributed by atoms with Crippen LogP contribution in [0.2, 0.25) is 0 Å². The number of rotatable bonds is 2. The predicted octanol–water partition coefficient (Wildman–Crippen LogP) is 4.49. The summed E-state index contributed by atoms with van der Waals surface area (Å²) in [5.41, 5.74) is 11.3. The van der Waals surface area contributed by atoms with Crippen LogP contribution in [0.15, 0.2) is 53.6 Å². The van der Waals surface area contributed by atoms with Crippen LogP contribution in [0, 0.1) is 0 Å². The summed E-state index contributed by atoms with van der Waals surface area (Å²) in [7, 11) is 0. The summed E-state index contributed by atoms with van der Waals surface area (Å²) in [4.78, 5) is 3.61. The molecule has 3 nitrogen and oxygen atoms in total. The summed E-state index contributed by atoms with van der Waals surface area (Å²) in [5.74, 6) is 0. The standard InChI is InChI=1S/C21H21N3/c1-2-6-14(7-3-1)20-13-21(24-23-20)15-10-11-19-17(12-15)16-8-4-5-9-18(16)22-19/h1-3,6-7,10-12,20,22-23H,4-5,8-9,13H2. The first-order chi connectivity index (χ1) is 11.9. The van der Waals surface area contributed by atoms with E-state index in [1.807, 2.05) is 0 Å². The lowest BCUT2D eigenvalue weighted by Crippen LogP contribution is -2.09. The van der Waals surface area contributed by atoms with Gasteiger partial charge in [-0.25, -0.2) is 0 Å². The van der Waals surface area contributed by atoms with Gasteiger partial charge in [0.2, 0.25) is 0 Å². The maximum absolute atomic E-state index is 4.62. The highest BCUT2D eigenvalue weighted by molar-refractivity contribution is 6.04. The average Bonchev–Trinajstić information content (AvgIpc) is 3.27. The maximum Gasteiger partial charge on any atom is 0.0745 e. The van der Waals surface area contributed by atoms with Gasteiger partial charge in [-0.15, -0.1) is 0 Å². The molecule has 1 atom stereocenters. The quantitative estimate of drug-likeness (QED) is 0.719. The first-order valence-corrected chi connectivity index (χ1v) is 8.89. The Morgan fingerprint density at radius 1 is 0.958 bits per heavy atom. The number of fused-ring (bicyclic) bond motifs is 3.